The molecule has 0 aromatic carbocycles. The maximum Gasteiger partial charge on any atom is 0.325 e. The first-order valence-electron chi connectivity index (χ1n) is 7.33. The minimum atomic E-state index is -0.505. The van der Waals surface area contributed by atoms with Gasteiger partial charge in [-0.05, 0) is 13.3 Å². The van der Waals surface area contributed by atoms with Crippen LogP contribution in [0.1, 0.15) is 18.5 Å². The maximum absolute atomic E-state index is 12.6. The fourth-order valence-electron chi connectivity index (χ4n) is 3.15. The lowest BCUT2D eigenvalue weighted by Crippen LogP contribution is -2.50. The molecule has 120 valence electrons. The zero-order valence-corrected chi connectivity index (χ0v) is 12.9. The van der Waals surface area contributed by atoms with Gasteiger partial charge in [0.15, 0.2) is 0 Å². The van der Waals surface area contributed by atoms with Gasteiger partial charge in [0.25, 0.3) is 0 Å². The zero-order chi connectivity index (χ0) is 15.9. The van der Waals surface area contributed by atoms with Crippen molar-refractivity contribution in [2.45, 2.75) is 38.0 Å². The van der Waals surface area contributed by atoms with Crippen LogP contribution < -0.4 is 5.32 Å². The number of urea groups is 1. The van der Waals surface area contributed by atoms with Crippen molar-refractivity contribution in [3.05, 3.63) is 11.8 Å². The Morgan fingerprint density at radius 1 is 1.45 bits per heavy atom. The quantitative estimate of drug-likeness (QED) is 0.874. The number of nitrogens with zero attached hydrogens (tertiary/aromatic N) is 3. The Hall–Kier alpha value is -2.09. The summed E-state index contributed by atoms with van der Waals surface area (Å²) in [5.41, 5.74) is 0.680. The standard InChI is InChI=1S/C14H20N4O4/c1-8-6-12(22-16-8)15-14(20)18-9-4-5-21-11(9)7-10(18)13(19)17(2)3/h6,9-11H,4-5,7H2,1-3H3,(H,15,20)/t9-,10-,11-/m0/s1. The number of amides is 3. The van der Waals surface area contributed by atoms with Gasteiger partial charge in [0.05, 0.1) is 17.8 Å². The highest BCUT2D eigenvalue weighted by atomic mass is 16.5. The topological polar surface area (TPSA) is 87.9 Å². The van der Waals surface area contributed by atoms with E-state index in [2.05, 4.69) is 10.5 Å². The number of carbonyl (C=O) groups is 2. The number of hydrogen-bond donors (Lipinski definition) is 1. The van der Waals surface area contributed by atoms with Crippen molar-refractivity contribution in [2.24, 2.45) is 0 Å². The van der Waals surface area contributed by atoms with Gasteiger partial charge in [-0.25, -0.2) is 4.79 Å². The monoisotopic (exact) mass is 308 g/mol. The highest BCUT2D eigenvalue weighted by molar-refractivity contribution is 5.93. The lowest BCUT2D eigenvalue weighted by atomic mass is 10.1. The summed E-state index contributed by atoms with van der Waals surface area (Å²) in [4.78, 5) is 28.1. The average molecular weight is 308 g/mol. The minimum absolute atomic E-state index is 0.0714. The number of ether oxygens (including phenoxy) is 1. The summed E-state index contributed by atoms with van der Waals surface area (Å²) in [6, 6.07) is 0.709. The summed E-state index contributed by atoms with van der Waals surface area (Å²) < 4.78 is 10.7. The highest BCUT2D eigenvalue weighted by Gasteiger charge is 2.50. The normalized spacial score (nSPS) is 26.9. The zero-order valence-electron chi connectivity index (χ0n) is 12.9. The number of fused-ring (bicyclic) bond motifs is 1. The maximum atomic E-state index is 12.6. The first-order valence-corrected chi connectivity index (χ1v) is 7.33. The second-order valence-electron chi connectivity index (χ2n) is 5.92. The minimum Gasteiger partial charge on any atom is -0.376 e. The largest absolute Gasteiger partial charge is 0.376 e. The van der Waals surface area contributed by atoms with Crippen molar-refractivity contribution in [2.75, 3.05) is 26.0 Å². The third kappa shape index (κ3) is 2.54. The summed E-state index contributed by atoms with van der Waals surface area (Å²) in [6.07, 6.45) is 1.20. The van der Waals surface area contributed by atoms with E-state index in [1.54, 1.807) is 32.0 Å². The molecule has 3 amide bonds. The number of aromatic nitrogens is 1. The van der Waals surface area contributed by atoms with Crippen molar-refractivity contribution in [1.29, 1.82) is 0 Å². The van der Waals surface area contributed by atoms with Crippen molar-refractivity contribution in [1.82, 2.24) is 15.0 Å². The van der Waals surface area contributed by atoms with Crippen LogP contribution in [-0.4, -0.2) is 65.8 Å². The van der Waals surface area contributed by atoms with Crippen LogP contribution in [0.15, 0.2) is 10.6 Å². The van der Waals surface area contributed by atoms with E-state index in [9.17, 15) is 9.59 Å². The Kier molecular flexibility index (Phi) is 3.78. The van der Waals surface area contributed by atoms with Crippen LogP contribution in [0.4, 0.5) is 10.7 Å². The molecule has 0 spiro atoms. The van der Waals surface area contributed by atoms with Gasteiger partial charge in [0, 0.05) is 33.2 Å². The number of likely N-dealkylation sites (N-methyl/N-ethyl adjacent to an activating group) is 1. The van der Waals surface area contributed by atoms with E-state index in [0.717, 1.165) is 6.42 Å². The summed E-state index contributed by atoms with van der Waals surface area (Å²) in [5.74, 6) is 0.183. The van der Waals surface area contributed by atoms with Crippen LogP contribution >= 0.6 is 0 Å². The van der Waals surface area contributed by atoms with E-state index in [1.165, 1.54) is 4.90 Å². The first kappa shape index (κ1) is 14.8. The fourth-order valence-corrected chi connectivity index (χ4v) is 3.15. The number of nitrogens with one attached hydrogen (secondary N) is 1. The van der Waals surface area contributed by atoms with Gasteiger partial charge in [0.2, 0.25) is 11.8 Å². The van der Waals surface area contributed by atoms with Crippen molar-refractivity contribution in [3.63, 3.8) is 0 Å². The number of aryl methyl sites for hydroxylation is 1. The molecule has 3 heterocycles. The molecule has 8 nitrogen and oxygen atoms in total. The molecule has 1 N–H and O–H groups in total. The molecule has 0 unspecified atom stereocenters. The molecule has 0 saturated carbocycles. The second kappa shape index (κ2) is 5.60. The first-order chi connectivity index (χ1) is 10.5. The fraction of sp³-hybridized carbons (Fsp3) is 0.643. The van der Waals surface area contributed by atoms with Gasteiger partial charge in [-0.3, -0.25) is 10.1 Å². The Morgan fingerprint density at radius 2 is 2.23 bits per heavy atom. The number of carbonyl (C=O) groups excluding carboxylic acids is 2. The van der Waals surface area contributed by atoms with Gasteiger partial charge < -0.3 is 19.1 Å². The molecule has 3 rings (SSSR count). The van der Waals surface area contributed by atoms with Gasteiger partial charge in [-0.1, -0.05) is 5.16 Å². The Bertz CT molecular complexity index is 585. The predicted molar refractivity (Wildman–Crippen MR) is 77.3 cm³/mol. The van der Waals surface area contributed by atoms with Crippen molar-refractivity contribution < 1.29 is 18.8 Å². The Morgan fingerprint density at radius 3 is 2.86 bits per heavy atom. The van der Waals surface area contributed by atoms with Gasteiger partial charge in [-0.2, -0.15) is 0 Å². The van der Waals surface area contributed by atoms with E-state index in [4.69, 9.17) is 9.26 Å². The van der Waals surface area contributed by atoms with E-state index in [-0.39, 0.29) is 30.0 Å². The molecule has 22 heavy (non-hydrogen) atoms. The molecule has 0 aliphatic carbocycles. The molecule has 8 heteroatoms. The van der Waals surface area contributed by atoms with Gasteiger partial charge >= 0.3 is 6.03 Å². The highest BCUT2D eigenvalue weighted by Crippen LogP contribution is 2.34. The Balaban J connectivity index is 1.80. The van der Waals surface area contributed by atoms with Crippen LogP contribution in [0, 0.1) is 6.92 Å². The van der Waals surface area contributed by atoms with Crippen LogP contribution in [0.2, 0.25) is 0 Å². The van der Waals surface area contributed by atoms with E-state index < -0.39 is 6.04 Å². The number of likely N-dealkylation sites (tertiary alicyclic amines) is 1. The Labute approximate surface area is 128 Å². The SMILES string of the molecule is Cc1cc(NC(=O)N2[C@H](C(=O)N(C)C)C[C@@H]3OCC[C@@H]32)on1. The molecule has 2 aliphatic heterocycles. The van der Waals surface area contributed by atoms with E-state index >= 15 is 0 Å². The van der Waals surface area contributed by atoms with Crippen molar-refractivity contribution in [3.8, 4) is 0 Å². The van der Waals surface area contributed by atoms with Crippen LogP contribution in [-0.2, 0) is 9.53 Å². The van der Waals surface area contributed by atoms with E-state index in [1.807, 2.05) is 0 Å². The summed E-state index contributed by atoms with van der Waals surface area (Å²) >= 11 is 0. The molecular weight excluding hydrogens is 288 g/mol. The number of anilines is 1. The molecule has 3 atom stereocenters. The van der Waals surface area contributed by atoms with Gasteiger partial charge in [0.1, 0.15) is 6.04 Å². The second-order valence-corrected chi connectivity index (χ2v) is 5.92. The summed E-state index contributed by atoms with van der Waals surface area (Å²) in [6.45, 7) is 2.39. The predicted octanol–water partition coefficient (Wildman–Crippen LogP) is 0.835. The van der Waals surface area contributed by atoms with Crippen LogP contribution in [0.3, 0.4) is 0 Å². The molecule has 2 saturated heterocycles. The third-order valence-corrected chi connectivity index (χ3v) is 4.14. The number of hydrogen-bond acceptors (Lipinski definition) is 5. The average Bonchev–Trinajstić information content (AvgIpc) is 3.12. The van der Waals surface area contributed by atoms with Crippen LogP contribution in [0.5, 0.6) is 0 Å². The molecule has 2 fully saturated rings. The lowest BCUT2D eigenvalue weighted by Gasteiger charge is -2.29. The third-order valence-electron chi connectivity index (χ3n) is 4.14. The molecule has 0 bridgehead atoms. The van der Waals surface area contributed by atoms with Crippen molar-refractivity contribution >= 4 is 17.8 Å². The smallest absolute Gasteiger partial charge is 0.325 e. The molecule has 1 aromatic rings. The van der Waals surface area contributed by atoms with E-state index in [0.29, 0.717) is 18.7 Å². The summed E-state index contributed by atoms with van der Waals surface area (Å²) in [7, 11) is 3.38. The molecular formula is C14H20N4O4. The van der Waals surface area contributed by atoms with Gasteiger partial charge in [-0.15, -0.1) is 0 Å². The molecule has 1 aromatic heterocycles. The molecule has 0 radical (unpaired) electrons. The lowest BCUT2D eigenvalue weighted by molar-refractivity contribution is -0.133. The number of rotatable bonds is 2. The summed E-state index contributed by atoms with van der Waals surface area (Å²) in [5, 5.41) is 6.41. The molecule has 2 aliphatic rings. The van der Waals surface area contributed by atoms with Crippen LogP contribution in [0.25, 0.3) is 0 Å².